The summed E-state index contributed by atoms with van der Waals surface area (Å²) >= 11 is 3.19. The number of nitro groups is 1. The molecule has 3 rings (SSSR count). The number of halogens is 1. The summed E-state index contributed by atoms with van der Waals surface area (Å²) in [6, 6.07) is 6.42. The van der Waals surface area contributed by atoms with Crippen molar-refractivity contribution in [2.45, 2.75) is 6.42 Å². The van der Waals surface area contributed by atoms with Crippen LogP contribution in [-0.4, -0.2) is 46.9 Å². The monoisotopic (exact) mass is 394 g/mol. The normalized spacial score (nSPS) is 15.2. The molecule has 24 heavy (non-hydrogen) atoms. The second-order valence-corrected chi connectivity index (χ2v) is 6.15. The van der Waals surface area contributed by atoms with Crippen molar-refractivity contribution in [1.82, 2.24) is 9.88 Å². The summed E-state index contributed by atoms with van der Waals surface area (Å²) in [5, 5.41) is 10.7. The Kier molecular flexibility index (Phi) is 4.79. The van der Waals surface area contributed by atoms with E-state index in [1.165, 1.54) is 12.3 Å². The molecule has 0 N–H and O–H groups in total. The smallest absolute Gasteiger partial charge is 0.289 e. The van der Waals surface area contributed by atoms with Gasteiger partial charge in [0.15, 0.2) is 10.4 Å². The number of furan rings is 1. The van der Waals surface area contributed by atoms with Crippen molar-refractivity contribution in [3.05, 3.63) is 51.0 Å². The largest absolute Gasteiger partial charge is 0.444 e. The highest BCUT2D eigenvalue weighted by molar-refractivity contribution is 9.10. The predicted molar refractivity (Wildman–Crippen MR) is 90.0 cm³/mol. The van der Waals surface area contributed by atoms with E-state index in [0.29, 0.717) is 35.9 Å². The summed E-state index contributed by atoms with van der Waals surface area (Å²) in [7, 11) is 0. The number of carbonyl (C=O) groups is 1. The van der Waals surface area contributed by atoms with Crippen molar-refractivity contribution in [2.24, 2.45) is 0 Å². The Morgan fingerprint density at radius 2 is 2.04 bits per heavy atom. The van der Waals surface area contributed by atoms with Crippen LogP contribution >= 0.6 is 15.9 Å². The Morgan fingerprint density at radius 3 is 2.67 bits per heavy atom. The van der Waals surface area contributed by atoms with Crippen molar-refractivity contribution in [2.75, 3.05) is 31.1 Å². The number of nitrogens with zero attached hydrogens (tertiary/aromatic N) is 4. The molecule has 1 amide bonds. The lowest BCUT2D eigenvalue weighted by molar-refractivity contribution is -0.385. The average molecular weight is 395 g/mol. The first-order valence-electron chi connectivity index (χ1n) is 7.44. The highest BCUT2D eigenvalue weighted by Gasteiger charge is 2.23. The summed E-state index contributed by atoms with van der Waals surface area (Å²) in [6.45, 7) is 2.51. The van der Waals surface area contributed by atoms with Crippen LogP contribution < -0.4 is 4.90 Å². The number of anilines is 1. The maximum atomic E-state index is 12.4. The third-order valence-corrected chi connectivity index (χ3v) is 4.26. The summed E-state index contributed by atoms with van der Waals surface area (Å²) in [5.41, 5.74) is -0.0335. The minimum Gasteiger partial charge on any atom is -0.444 e. The SMILES string of the molecule is O=C(c1ccc(Br)o1)N1CCCN(c2ccc([N+](=O)[O-])cn2)CC1. The molecule has 3 heterocycles. The molecule has 0 bridgehead atoms. The molecular weight excluding hydrogens is 380 g/mol. The Morgan fingerprint density at radius 1 is 1.21 bits per heavy atom. The number of hydrogen-bond donors (Lipinski definition) is 0. The molecule has 0 aliphatic carbocycles. The first-order chi connectivity index (χ1) is 11.5. The first kappa shape index (κ1) is 16.4. The van der Waals surface area contributed by atoms with Crippen molar-refractivity contribution in [3.8, 4) is 0 Å². The van der Waals surface area contributed by atoms with E-state index in [-0.39, 0.29) is 11.6 Å². The maximum absolute atomic E-state index is 12.4. The van der Waals surface area contributed by atoms with Gasteiger partial charge in [-0.3, -0.25) is 14.9 Å². The lowest BCUT2D eigenvalue weighted by atomic mass is 10.3. The molecule has 9 heteroatoms. The van der Waals surface area contributed by atoms with Gasteiger partial charge in [0.1, 0.15) is 12.0 Å². The van der Waals surface area contributed by atoms with E-state index in [0.717, 1.165) is 13.0 Å². The van der Waals surface area contributed by atoms with E-state index in [2.05, 4.69) is 20.9 Å². The van der Waals surface area contributed by atoms with E-state index in [1.54, 1.807) is 23.1 Å². The minimum atomic E-state index is -0.471. The van der Waals surface area contributed by atoms with Crippen molar-refractivity contribution >= 4 is 33.3 Å². The average Bonchev–Trinajstić information content (AvgIpc) is 2.87. The molecule has 0 spiro atoms. The quantitative estimate of drug-likeness (QED) is 0.586. The summed E-state index contributed by atoms with van der Waals surface area (Å²) in [6.07, 6.45) is 2.04. The van der Waals surface area contributed by atoms with Crippen molar-refractivity contribution in [3.63, 3.8) is 0 Å². The van der Waals surface area contributed by atoms with Gasteiger partial charge in [-0.1, -0.05) is 0 Å². The van der Waals surface area contributed by atoms with Crippen LogP contribution in [0.15, 0.2) is 39.5 Å². The number of aromatic nitrogens is 1. The Balaban J connectivity index is 1.66. The number of carbonyl (C=O) groups excluding carboxylic acids is 1. The molecule has 1 fully saturated rings. The van der Waals surface area contributed by atoms with Gasteiger partial charge in [-0.2, -0.15) is 0 Å². The fourth-order valence-corrected chi connectivity index (χ4v) is 2.91. The molecular formula is C15H15BrN4O4. The fraction of sp³-hybridized carbons (Fsp3) is 0.333. The zero-order valence-corrected chi connectivity index (χ0v) is 14.3. The van der Waals surface area contributed by atoms with Crippen LogP contribution in [0.1, 0.15) is 17.0 Å². The van der Waals surface area contributed by atoms with Crippen LogP contribution in [0.25, 0.3) is 0 Å². The van der Waals surface area contributed by atoms with Crippen molar-refractivity contribution in [1.29, 1.82) is 0 Å². The third-order valence-electron chi connectivity index (χ3n) is 3.83. The highest BCUT2D eigenvalue weighted by atomic mass is 79.9. The molecule has 0 saturated carbocycles. The Hall–Kier alpha value is -2.42. The van der Waals surface area contributed by atoms with Gasteiger partial charge in [0.2, 0.25) is 0 Å². The third kappa shape index (κ3) is 3.56. The molecule has 0 atom stereocenters. The molecule has 0 unspecified atom stereocenters. The van der Waals surface area contributed by atoms with Gasteiger partial charge in [0.05, 0.1) is 4.92 Å². The zero-order valence-electron chi connectivity index (χ0n) is 12.7. The lowest BCUT2D eigenvalue weighted by Gasteiger charge is -2.22. The summed E-state index contributed by atoms with van der Waals surface area (Å²) in [5.74, 6) is 0.846. The standard InChI is InChI=1S/C15H15BrN4O4/c16-13-4-3-12(24-13)15(21)19-7-1-6-18(8-9-19)14-5-2-11(10-17-14)20(22)23/h2-5,10H,1,6-9H2. The molecule has 1 aliphatic heterocycles. The fourth-order valence-electron chi connectivity index (χ4n) is 2.61. The molecule has 1 aliphatic rings. The number of amides is 1. The van der Waals surface area contributed by atoms with Gasteiger partial charge in [0, 0.05) is 32.2 Å². The Bertz CT molecular complexity index is 746. The summed E-state index contributed by atoms with van der Waals surface area (Å²) < 4.78 is 5.85. The molecule has 8 nitrogen and oxygen atoms in total. The Labute approximate surface area is 146 Å². The van der Waals surface area contributed by atoms with Crippen LogP contribution in [0, 0.1) is 10.1 Å². The minimum absolute atomic E-state index is 0.0335. The van der Waals surface area contributed by atoms with E-state index in [9.17, 15) is 14.9 Å². The van der Waals surface area contributed by atoms with Crippen LogP contribution in [0.2, 0.25) is 0 Å². The van der Waals surface area contributed by atoms with Gasteiger partial charge in [-0.05, 0) is 40.5 Å². The number of pyridine rings is 1. The molecule has 0 radical (unpaired) electrons. The predicted octanol–water partition coefficient (Wildman–Crippen LogP) is 2.70. The topological polar surface area (TPSA) is 92.7 Å². The van der Waals surface area contributed by atoms with E-state index < -0.39 is 4.92 Å². The van der Waals surface area contributed by atoms with Crippen LogP contribution in [0.4, 0.5) is 11.5 Å². The van der Waals surface area contributed by atoms with Gasteiger partial charge in [0.25, 0.3) is 11.6 Å². The first-order valence-corrected chi connectivity index (χ1v) is 8.24. The second kappa shape index (κ2) is 7.00. The number of rotatable bonds is 3. The molecule has 2 aromatic heterocycles. The van der Waals surface area contributed by atoms with E-state index in [1.807, 2.05) is 4.90 Å². The van der Waals surface area contributed by atoms with Crippen LogP contribution in [0.5, 0.6) is 0 Å². The van der Waals surface area contributed by atoms with E-state index in [4.69, 9.17) is 4.42 Å². The molecule has 126 valence electrons. The molecule has 0 aromatic carbocycles. The number of hydrogen-bond acceptors (Lipinski definition) is 6. The van der Waals surface area contributed by atoms with Gasteiger partial charge >= 0.3 is 0 Å². The molecule has 2 aromatic rings. The van der Waals surface area contributed by atoms with Gasteiger partial charge < -0.3 is 14.2 Å². The second-order valence-electron chi connectivity index (χ2n) is 5.37. The lowest BCUT2D eigenvalue weighted by Crippen LogP contribution is -2.35. The van der Waals surface area contributed by atoms with Gasteiger partial charge in [-0.15, -0.1) is 0 Å². The molecule has 1 saturated heterocycles. The summed E-state index contributed by atoms with van der Waals surface area (Å²) in [4.78, 5) is 30.6. The maximum Gasteiger partial charge on any atom is 0.289 e. The van der Waals surface area contributed by atoms with Crippen LogP contribution in [0.3, 0.4) is 0 Å². The van der Waals surface area contributed by atoms with Crippen LogP contribution in [-0.2, 0) is 0 Å². The van der Waals surface area contributed by atoms with Gasteiger partial charge in [-0.25, -0.2) is 4.98 Å². The van der Waals surface area contributed by atoms with Crippen molar-refractivity contribution < 1.29 is 14.1 Å². The van der Waals surface area contributed by atoms with E-state index >= 15 is 0 Å². The highest BCUT2D eigenvalue weighted by Crippen LogP contribution is 2.19. The zero-order chi connectivity index (χ0) is 17.1.